The largest absolute Gasteiger partial charge is 0.390 e. The number of hydrogen-bond donors (Lipinski definition) is 1. The summed E-state index contributed by atoms with van der Waals surface area (Å²) in [5, 5.41) is 10.9. The van der Waals surface area contributed by atoms with Crippen LogP contribution < -0.4 is 0 Å². The number of aliphatic hydroxyl groups is 1. The summed E-state index contributed by atoms with van der Waals surface area (Å²) in [6.45, 7) is 8.00. The van der Waals surface area contributed by atoms with Crippen molar-refractivity contribution in [3.63, 3.8) is 0 Å². The second-order valence-electron chi connectivity index (χ2n) is 6.35. The minimum absolute atomic E-state index is 0.343. The lowest BCUT2D eigenvalue weighted by Crippen LogP contribution is -2.40. The molecule has 1 saturated carbocycles. The molecule has 100 valence electrons. The van der Waals surface area contributed by atoms with Crippen LogP contribution in [0, 0.1) is 11.8 Å². The van der Waals surface area contributed by atoms with Gasteiger partial charge in [-0.05, 0) is 57.0 Å². The Kier molecular flexibility index (Phi) is 4.48. The third-order valence-corrected chi connectivity index (χ3v) is 5.17. The molecule has 0 aromatic carbocycles. The molecule has 2 fully saturated rings. The quantitative estimate of drug-likeness (QED) is 0.800. The summed E-state index contributed by atoms with van der Waals surface area (Å²) in [4.78, 5) is 2.49. The summed E-state index contributed by atoms with van der Waals surface area (Å²) in [7, 11) is 0. The van der Waals surface area contributed by atoms with E-state index in [0.717, 1.165) is 31.8 Å². The minimum Gasteiger partial charge on any atom is -0.390 e. The van der Waals surface area contributed by atoms with Gasteiger partial charge in [-0.25, -0.2) is 0 Å². The zero-order valence-electron chi connectivity index (χ0n) is 11.6. The van der Waals surface area contributed by atoms with Crippen LogP contribution in [0.5, 0.6) is 0 Å². The third-order valence-electron chi connectivity index (χ3n) is 5.17. The van der Waals surface area contributed by atoms with Crippen LogP contribution in [-0.2, 0) is 0 Å². The minimum atomic E-state index is -0.343. The van der Waals surface area contributed by atoms with Crippen molar-refractivity contribution in [1.29, 1.82) is 0 Å². The molecule has 0 aromatic rings. The summed E-state index contributed by atoms with van der Waals surface area (Å²) in [5.41, 5.74) is -0.343. The normalized spacial score (nSPS) is 41.1. The smallest absolute Gasteiger partial charge is 0.0688 e. The molecule has 2 nitrogen and oxygen atoms in total. The van der Waals surface area contributed by atoms with Gasteiger partial charge in [-0.1, -0.05) is 26.7 Å². The molecule has 1 N–H and O–H groups in total. The van der Waals surface area contributed by atoms with Crippen molar-refractivity contribution >= 4 is 0 Å². The molecule has 1 aliphatic carbocycles. The molecule has 1 aliphatic heterocycles. The van der Waals surface area contributed by atoms with E-state index in [1.54, 1.807) is 0 Å². The molecule has 0 spiro atoms. The SMILES string of the molecule is CCN1CCCC(O)(C2CCC(C)CC2)CC1. The summed E-state index contributed by atoms with van der Waals surface area (Å²) >= 11 is 0. The number of hydrogen-bond acceptors (Lipinski definition) is 2. The van der Waals surface area contributed by atoms with Gasteiger partial charge >= 0.3 is 0 Å². The van der Waals surface area contributed by atoms with Crippen LogP contribution in [-0.4, -0.2) is 35.2 Å². The highest BCUT2D eigenvalue weighted by atomic mass is 16.3. The molecule has 0 bridgehead atoms. The monoisotopic (exact) mass is 239 g/mol. The second kappa shape index (κ2) is 5.71. The number of nitrogens with zero attached hydrogens (tertiary/aromatic N) is 1. The Balaban J connectivity index is 1.93. The van der Waals surface area contributed by atoms with Crippen LogP contribution in [0.3, 0.4) is 0 Å². The second-order valence-corrected chi connectivity index (χ2v) is 6.35. The van der Waals surface area contributed by atoms with E-state index in [4.69, 9.17) is 0 Å². The van der Waals surface area contributed by atoms with Crippen molar-refractivity contribution in [3.05, 3.63) is 0 Å². The van der Waals surface area contributed by atoms with Crippen molar-refractivity contribution in [1.82, 2.24) is 4.90 Å². The Morgan fingerprint density at radius 3 is 2.47 bits per heavy atom. The molecule has 1 heterocycles. The molecular weight excluding hydrogens is 210 g/mol. The van der Waals surface area contributed by atoms with E-state index in [2.05, 4.69) is 18.7 Å². The third kappa shape index (κ3) is 3.23. The van der Waals surface area contributed by atoms with Crippen LogP contribution >= 0.6 is 0 Å². The van der Waals surface area contributed by atoms with E-state index in [1.165, 1.54) is 38.6 Å². The van der Waals surface area contributed by atoms with Crippen LogP contribution in [0.15, 0.2) is 0 Å². The van der Waals surface area contributed by atoms with E-state index in [0.29, 0.717) is 5.92 Å². The van der Waals surface area contributed by atoms with Crippen LogP contribution in [0.4, 0.5) is 0 Å². The van der Waals surface area contributed by atoms with E-state index >= 15 is 0 Å². The molecule has 1 saturated heterocycles. The Bertz CT molecular complexity index is 235. The maximum Gasteiger partial charge on any atom is 0.0688 e. The Morgan fingerprint density at radius 1 is 1.12 bits per heavy atom. The average Bonchev–Trinajstić information content (AvgIpc) is 2.53. The molecule has 1 atom stereocenters. The number of rotatable bonds is 2. The predicted octanol–water partition coefficient (Wildman–Crippen LogP) is 3.05. The Hall–Kier alpha value is -0.0800. The van der Waals surface area contributed by atoms with Crippen molar-refractivity contribution < 1.29 is 5.11 Å². The zero-order valence-corrected chi connectivity index (χ0v) is 11.6. The van der Waals surface area contributed by atoms with Gasteiger partial charge in [-0.2, -0.15) is 0 Å². The molecule has 1 unspecified atom stereocenters. The highest BCUT2D eigenvalue weighted by Gasteiger charge is 2.38. The first-order valence-corrected chi connectivity index (χ1v) is 7.59. The van der Waals surface area contributed by atoms with Crippen molar-refractivity contribution in [2.75, 3.05) is 19.6 Å². The zero-order chi connectivity index (χ0) is 12.3. The van der Waals surface area contributed by atoms with E-state index in [1.807, 2.05) is 0 Å². The lowest BCUT2D eigenvalue weighted by atomic mass is 9.71. The summed E-state index contributed by atoms with van der Waals surface area (Å²) < 4.78 is 0. The van der Waals surface area contributed by atoms with Gasteiger partial charge in [0.25, 0.3) is 0 Å². The van der Waals surface area contributed by atoms with Gasteiger partial charge in [-0.15, -0.1) is 0 Å². The molecule has 17 heavy (non-hydrogen) atoms. The highest BCUT2D eigenvalue weighted by Crippen LogP contribution is 2.40. The molecule has 0 aromatic heterocycles. The van der Waals surface area contributed by atoms with Crippen molar-refractivity contribution in [3.8, 4) is 0 Å². The van der Waals surface area contributed by atoms with Gasteiger partial charge in [0.2, 0.25) is 0 Å². The van der Waals surface area contributed by atoms with Crippen LogP contribution in [0.2, 0.25) is 0 Å². The summed E-state index contributed by atoms with van der Waals surface area (Å²) in [6.07, 6.45) is 8.36. The molecule has 2 rings (SSSR count). The van der Waals surface area contributed by atoms with Gasteiger partial charge in [0, 0.05) is 6.54 Å². The van der Waals surface area contributed by atoms with Gasteiger partial charge in [0.05, 0.1) is 5.60 Å². The first kappa shape index (κ1) is 13.4. The van der Waals surface area contributed by atoms with Crippen LogP contribution in [0.1, 0.15) is 58.8 Å². The van der Waals surface area contributed by atoms with Gasteiger partial charge in [-0.3, -0.25) is 0 Å². The molecule has 2 heteroatoms. The maximum atomic E-state index is 10.9. The molecule has 0 radical (unpaired) electrons. The molecular formula is C15H29NO. The van der Waals surface area contributed by atoms with E-state index < -0.39 is 0 Å². The average molecular weight is 239 g/mol. The van der Waals surface area contributed by atoms with E-state index in [9.17, 15) is 5.11 Å². The lowest BCUT2D eigenvalue weighted by molar-refractivity contribution is -0.0484. The standard InChI is InChI=1S/C15H29NO/c1-3-16-11-4-9-15(17,10-12-16)14-7-5-13(2)6-8-14/h13-14,17H,3-12H2,1-2H3. The van der Waals surface area contributed by atoms with Gasteiger partial charge in [0.15, 0.2) is 0 Å². The first-order chi connectivity index (χ1) is 8.14. The van der Waals surface area contributed by atoms with Gasteiger partial charge in [0.1, 0.15) is 0 Å². The van der Waals surface area contributed by atoms with Crippen molar-refractivity contribution in [2.24, 2.45) is 11.8 Å². The number of likely N-dealkylation sites (tertiary alicyclic amines) is 1. The fourth-order valence-electron chi connectivity index (χ4n) is 3.72. The Labute approximate surface area is 106 Å². The molecule has 0 amide bonds. The Morgan fingerprint density at radius 2 is 1.82 bits per heavy atom. The molecule has 2 aliphatic rings. The summed E-state index contributed by atoms with van der Waals surface area (Å²) in [5.74, 6) is 1.46. The topological polar surface area (TPSA) is 23.5 Å². The fraction of sp³-hybridized carbons (Fsp3) is 1.00. The highest BCUT2D eigenvalue weighted by molar-refractivity contribution is 4.91. The first-order valence-electron chi connectivity index (χ1n) is 7.59. The van der Waals surface area contributed by atoms with Gasteiger partial charge < -0.3 is 10.0 Å². The summed E-state index contributed by atoms with van der Waals surface area (Å²) in [6, 6.07) is 0. The maximum absolute atomic E-state index is 10.9. The fourth-order valence-corrected chi connectivity index (χ4v) is 3.72. The lowest BCUT2D eigenvalue weighted by Gasteiger charge is -2.39. The predicted molar refractivity (Wildman–Crippen MR) is 72.0 cm³/mol. The van der Waals surface area contributed by atoms with Crippen molar-refractivity contribution in [2.45, 2.75) is 64.4 Å². The van der Waals surface area contributed by atoms with E-state index in [-0.39, 0.29) is 5.60 Å². The van der Waals surface area contributed by atoms with Crippen LogP contribution in [0.25, 0.3) is 0 Å².